The van der Waals surface area contributed by atoms with Gasteiger partial charge < -0.3 is 0 Å². The fourth-order valence-electron chi connectivity index (χ4n) is 0. The summed E-state index contributed by atoms with van der Waals surface area (Å²) in [4.78, 5) is 0. The molecule has 0 saturated heterocycles. The normalized spacial score (nSPS) is 6.75. The summed E-state index contributed by atoms with van der Waals surface area (Å²) in [6, 6.07) is 0. The minimum absolute atomic E-state index is 1.14. The SMILES string of the molecule is [CH3][In]([CH3])[NH2]. The summed E-state index contributed by atoms with van der Waals surface area (Å²) in [5.74, 6) is 0. The van der Waals surface area contributed by atoms with E-state index in [0.29, 0.717) is 0 Å². The minimum atomic E-state index is -1.14. The molecule has 0 rings (SSSR count). The van der Waals surface area contributed by atoms with Crippen molar-refractivity contribution in [2.24, 2.45) is 3.72 Å². The summed E-state index contributed by atoms with van der Waals surface area (Å²) in [6.45, 7) is 0. The Morgan fingerprint density at radius 3 is 1.50 bits per heavy atom. The summed E-state index contributed by atoms with van der Waals surface area (Å²) < 4.78 is 9.63. The molecule has 0 aliphatic rings. The summed E-state index contributed by atoms with van der Waals surface area (Å²) in [5, 5.41) is 0. The molecule has 0 aromatic carbocycles. The Morgan fingerprint density at radius 2 is 1.50 bits per heavy atom. The van der Waals surface area contributed by atoms with Gasteiger partial charge in [-0.05, 0) is 0 Å². The first-order valence-corrected chi connectivity index (χ1v) is 9.98. The van der Waals surface area contributed by atoms with Gasteiger partial charge in [-0.2, -0.15) is 0 Å². The van der Waals surface area contributed by atoms with Crippen LogP contribution < -0.4 is 3.72 Å². The van der Waals surface area contributed by atoms with Gasteiger partial charge in [0.2, 0.25) is 0 Å². The van der Waals surface area contributed by atoms with Gasteiger partial charge in [0.25, 0.3) is 0 Å². The standard InChI is InChI=1S/2CH3.In.H2N/h2*1H3;;1H2/q;;+1;-1. The molecular formula is C2H8InN. The van der Waals surface area contributed by atoms with Crippen molar-refractivity contribution < 1.29 is 0 Å². The molecule has 0 heterocycles. The van der Waals surface area contributed by atoms with E-state index in [-0.39, 0.29) is 0 Å². The van der Waals surface area contributed by atoms with Crippen molar-refractivity contribution in [2.75, 3.05) is 0 Å². The predicted molar refractivity (Wildman–Crippen MR) is 21.7 cm³/mol. The van der Waals surface area contributed by atoms with Crippen LogP contribution in [0.3, 0.4) is 0 Å². The third-order valence-electron chi connectivity index (χ3n) is 0. The maximum atomic E-state index is 5.32. The molecule has 24 valence electrons. The van der Waals surface area contributed by atoms with E-state index in [1.54, 1.807) is 0 Å². The molecule has 0 saturated carbocycles. The fourth-order valence-corrected chi connectivity index (χ4v) is 0. The summed E-state index contributed by atoms with van der Waals surface area (Å²) in [5.41, 5.74) is 0. The van der Waals surface area contributed by atoms with Gasteiger partial charge in [0.05, 0.1) is 0 Å². The maximum absolute atomic E-state index is 5.32. The molecule has 2 heteroatoms. The molecule has 2 N–H and O–H groups in total. The average Bonchev–Trinajstić information content (AvgIpc) is 0.811. The van der Waals surface area contributed by atoms with Crippen molar-refractivity contribution in [3.8, 4) is 0 Å². The topological polar surface area (TPSA) is 26.0 Å². The molecule has 0 bridgehead atoms. The third kappa shape index (κ3) is 13.8. The predicted octanol–water partition coefficient (Wildman–Crippen LogP) is 0.196. The summed E-state index contributed by atoms with van der Waals surface area (Å²) in [6.07, 6.45) is 0. The van der Waals surface area contributed by atoms with Gasteiger partial charge in [0, 0.05) is 0 Å². The molecule has 0 atom stereocenters. The quantitative estimate of drug-likeness (QED) is 0.539. The van der Waals surface area contributed by atoms with Crippen LogP contribution in [-0.2, 0) is 0 Å². The second kappa shape index (κ2) is 2.09. The van der Waals surface area contributed by atoms with Crippen LogP contribution in [0.1, 0.15) is 0 Å². The second-order valence-electron chi connectivity index (χ2n) is 1.24. The van der Waals surface area contributed by atoms with E-state index in [4.69, 9.17) is 3.72 Å². The first-order valence-electron chi connectivity index (χ1n) is 1.49. The summed E-state index contributed by atoms with van der Waals surface area (Å²) in [7, 11) is 0. The second-order valence-corrected chi connectivity index (χ2v) is 8.35. The fraction of sp³-hybridized carbons (Fsp3) is 1.00. The van der Waals surface area contributed by atoms with Crippen molar-refractivity contribution in [3.05, 3.63) is 0 Å². The number of hydrogen-bond donors (Lipinski definition) is 1. The molecule has 4 heavy (non-hydrogen) atoms. The number of nitrogens with two attached hydrogens (primary N) is 1. The van der Waals surface area contributed by atoms with Gasteiger partial charge in [0.1, 0.15) is 0 Å². The molecule has 0 aromatic heterocycles. The van der Waals surface area contributed by atoms with Gasteiger partial charge in [-0.15, -0.1) is 0 Å². The molecular weight excluding hydrogens is 153 g/mol. The van der Waals surface area contributed by atoms with E-state index in [9.17, 15) is 0 Å². The van der Waals surface area contributed by atoms with Crippen LogP contribution in [0.2, 0.25) is 9.36 Å². The van der Waals surface area contributed by atoms with Crippen molar-refractivity contribution in [1.29, 1.82) is 0 Å². The third-order valence-corrected chi connectivity index (χ3v) is 0. The van der Waals surface area contributed by atoms with Crippen molar-refractivity contribution in [3.63, 3.8) is 0 Å². The molecule has 1 nitrogen and oxygen atoms in total. The Hall–Kier alpha value is 0.830. The van der Waals surface area contributed by atoms with Gasteiger partial charge in [0.15, 0.2) is 0 Å². The molecule has 0 aliphatic heterocycles. The van der Waals surface area contributed by atoms with Crippen LogP contribution in [0.5, 0.6) is 0 Å². The van der Waals surface area contributed by atoms with Gasteiger partial charge >= 0.3 is 34.8 Å². The Balaban J connectivity index is 2.32. The van der Waals surface area contributed by atoms with Crippen LogP contribution >= 0.6 is 0 Å². The zero-order valence-electron chi connectivity index (χ0n) is 3.15. The van der Waals surface area contributed by atoms with E-state index in [1.807, 2.05) is 0 Å². The van der Waals surface area contributed by atoms with E-state index >= 15 is 0 Å². The van der Waals surface area contributed by atoms with Crippen LogP contribution in [0.4, 0.5) is 0 Å². The molecule has 0 amide bonds. The van der Waals surface area contributed by atoms with E-state index in [1.165, 1.54) is 0 Å². The van der Waals surface area contributed by atoms with Gasteiger partial charge in [-0.25, -0.2) is 0 Å². The van der Waals surface area contributed by atoms with Crippen LogP contribution in [0.25, 0.3) is 0 Å². The Labute approximate surface area is 35.1 Å². The summed E-state index contributed by atoms with van der Waals surface area (Å²) >= 11 is -1.14. The molecule has 0 radical (unpaired) electrons. The van der Waals surface area contributed by atoms with E-state index in [2.05, 4.69) is 9.36 Å². The zero-order chi connectivity index (χ0) is 3.58. The van der Waals surface area contributed by atoms with Gasteiger partial charge in [-0.1, -0.05) is 0 Å². The zero-order valence-corrected chi connectivity index (χ0v) is 6.45. The monoisotopic (exact) mass is 161 g/mol. The van der Waals surface area contributed by atoms with Crippen molar-refractivity contribution >= 4 is 21.7 Å². The Bertz CT molecular complexity index is 10.8. The van der Waals surface area contributed by atoms with Crippen molar-refractivity contribution in [2.45, 2.75) is 9.36 Å². The molecule has 0 aliphatic carbocycles. The Kier molecular flexibility index (Phi) is 2.53. The molecule has 0 spiro atoms. The van der Waals surface area contributed by atoms with Crippen LogP contribution in [-0.4, -0.2) is 21.7 Å². The first-order chi connectivity index (χ1) is 1.73. The van der Waals surface area contributed by atoms with Gasteiger partial charge in [-0.3, -0.25) is 0 Å². The van der Waals surface area contributed by atoms with Crippen LogP contribution in [0.15, 0.2) is 0 Å². The number of rotatable bonds is 0. The van der Waals surface area contributed by atoms with E-state index < -0.39 is 21.7 Å². The van der Waals surface area contributed by atoms with Crippen LogP contribution in [0, 0.1) is 0 Å². The van der Waals surface area contributed by atoms with Crippen molar-refractivity contribution in [1.82, 2.24) is 0 Å². The molecule has 0 fully saturated rings. The molecule has 0 aromatic rings. The Morgan fingerprint density at radius 1 is 1.50 bits per heavy atom. The van der Waals surface area contributed by atoms with E-state index in [0.717, 1.165) is 0 Å². The molecule has 0 unspecified atom stereocenters. The number of hydrogen-bond acceptors (Lipinski definition) is 1. The average molecular weight is 161 g/mol. The first kappa shape index (κ1) is 4.83.